The highest BCUT2D eigenvalue weighted by molar-refractivity contribution is 7.98. The van der Waals surface area contributed by atoms with E-state index in [1.165, 1.54) is 0 Å². The summed E-state index contributed by atoms with van der Waals surface area (Å²) >= 11 is 1.60. The number of thioether (sulfide) groups is 1. The van der Waals surface area contributed by atoms with Crippen molar-refractivity contribution in [1.82, 2.24) is 5.32 Å². The van der Waals surface area contributed by atoms with Crippen molar-refractivity contribution in [2.45, 2.75) is 18.6 Å². The molecule has 100 valence electrons. The molecule has 0 saturated heterocycles. The highest BCUT2D eigenvalue weighted by atomic mass is 32.2. The number of aliphatic hydroxyl groups excluding tert-OH is 1. The number of hydrogen-bond donors (Lipinski definition) is 3. The van der Waals surface area contributed by atoms with Gasteiger partial charge in [-0.25, -0.2) is 0 Å². The molecule has 0 saturated carbocycles. The van der Waals surface area contributed by atoms with Crippen LogP contribution >= 0.6 is 11.8 Å². The first kappa shape index (κ1) is 16.4. The summed E-state index contributed by atoms with van der Waals surface area (Å²) in [5.74, 6) is -0.120. The Balaban J connectivity index is 3.78. The third-order valence-corrected chi connectivity index (χ3v) is 2.70. The fourth-order valence-corrected chi connectivity index (χ4v) is 1.64. The van der Waals surface area contributed by atoms with Crippen molar-refractivity contribution in [3.63, 3.8) is 0 Å². The van der Waals surface area contributed by atoms with Crippen molar-refractivity contribution >= 4 is 17.7 Å². The summed E-state index contributed by atoms with van der Waals surface area (Å²) < 4.78 is 5.06. The van der Waals surface area contributed by atoms with Gasteiger partial charge in [-0.2, -0.15) is 11.8 Å². The summed E-state index contributed by atoms with van der Waals surface area (Å²) in [6.07, 6.45) is 3.36. The molecule has 0 aliphatic carbocycles. The normalized spacial score (nSPS) is 14.2. The van der Waals surface area contributed by atoms with Crippen LogP contribution in [-0.4, -0.2) is 60.1 Å². The van der Waals surface area contributed by atoms with Crippen LogP contribution in [0.5, 0.6) is 0 Å². The van der Waals surface area contributed by atoms with Gasteiger partial charge in [0.2, 0.25) is 0 Å². The topological polar surface area (TPSA) is 78.8 Å². The van der Waals surface area contributed by atoms with Gasteiger partial charge in [0.05, 0.1) is 19.3 Å². The van der Waals surface area contributed by atoms with Crippen molar-refractivity contribution in [2.75, 3.05) is 31.8 Å². The SMILES string of the molecule is C=CCOCC(O)CNC(CCSC)C(=O)O. The molecular formula is C11H21NO4S. The van der Waals surface area contributed by atoms with Gasteiger partial charge < -0.3 is 20.3 Å². The Labute approximate surface area is 106 Å². The molecule has 0 spiro atoms. The molecule has 0 aromatic carbocycles. The predicted molar refractivity (Wildman–Crippen MR) is 69.4 cm³/mol. The highest BCUT2D eigenvalue weighted by Crippen LogP contribution is 2.01. The van der Waals surface area contributed by atoms with Crippen LogP contribution in [0.4, 0.5) is 0 Å². The quantitative estimate of drug-likeness (QED) is 0.369. The molecule has 6 heteroatoms. The lowest BCUT2D eigenvalue weighted by Gasteiger charge is -2.17. The van der Waals surface area contributed by atoms with Gasteiger partial charge in [0.25, 0.3) is 0 Å². The molecule has 2 atom stereocenters. The Morgan fingerprint density at radius 2 is 2.35 bits per heavy atom. The number of carboxylic acids is 1. The first-order chi connectivity index (χ1) is 8.11. The lowest BCUT2D eigenvalue weighted by Crippen LogP contribution is -2.42. The molecular weight excluding hydrogens is 242 g/mol. The van der Waals surface area contributed by atoms with E-state index in [4.69, 9.17) is 9.84 Å². The Morgan fingerprint density at radius 3 is 2.88 bits per heavy atom. The first-order valence-corrected chi connectivity index (χ1v) is 6.83. The van der Waals surface area contributed by atoms with Crippen LogP contribution in [0.25, 0.3) is 0 Å². The molecule has 0 amide bonds. The van der Waals surface area contributed by atoms with Crippen LogP contribution in [0.3, 0.4) is 0 Å². The van der Waals surface area contributed by atoms with E-state index < -0.39 is 18.1 Å². The molecule has 0 aliphatic heterocycles. The minimum absolute atomic E-state index is 0.174. The van der Waals surface area contributed by atoms with Crippen LogP contribution < -0.4 is 5.32 Å². The number of aliphatic carboxylic acids is 1. The summed E-state index contributed by atoms with van der Waals surface area (Å²) in [6.45, 7) is 4.25. The second-order valence-electron chi connectivity index (χ2n) is 3.56. The number of hydrogen-bond acceptors (Lipinski definition) is 5. The van der Waals surface area contributed by atoms with E-state index in [9.17, 15) is 9.90 Å². The summed E-state index contributed by atoms with van der Waals surface area (Å²) in [7, 11) is 0. The van der Waals surface area contributed by atoms with Gasteiger partial charge in [-0.1, -0.05) is 6.08 Å². The Kier molecular flexibility index (Phi) is 10.2. The lowest BCUT2D eigenvalue weighted by molar-refractivity contribution is -0.139. The molecule has 0 bridgehead atoms. The molecule has 0 rings (SSSR count). The third-order valence-electron chi connectivity index (χ3n) is 2.05. The van der Waals surface area contributed by atoms with Crippen LogP contribution in [-0.2, 0) is 9.53 Å². The molecule has 2 unspecified atom stereocenters. The van der Waals surface area contributed by atoms with Gasteiger partial charge in [-0.15, -0.1) is 6.58 Å². The largest absolute Gasteiger partial charge is 0.480 e. The highest BCUT2D eigenvalue weighted by Gasteiger charge is 2.17. The molecule has 0 aliphatic rings. The van der Waals surface area contributed by atoms with E-state index >= 15 is 0 Å². The molecule has 0 fully saturated rings. The zero-order valence-electron chi connectivity index (χ0n) is 10.1. The summed E-state index contributed by atoms with van der Waals surface area (Å²) in [4.78, 5) is 10.9. The number of ether oxygens (including phenoxy) is 1. The molecule has 0 heterocycles. The van der Waals surface area contributed by atoms with E-state index in [0.717, 1.165) is 5.75 Å². The fraction of sp³-hybridized carbons (Fsp3) is 0.727. The first-order valence-electron chi connectivity index (χ1n) is 5.43. The van der Waals surface area contributed by atoms with E-state index in [2.05, 4.69) is 11.9 Å². The Bertz CT molecular complexity index is 226. The van der Waals surface area contributed by atoms with E-state index in [1.54, 1.807) is 17.8 Å². The maximum absolute atomic E-state index is 10.9. The van der Waals surface area contributed by atoms with Gasteiger partial charge in [0, 0.05) is 6.54 Å². The van der Waals surface area contributed by atoms with Crippen LogP contribution in [0.15, 0.2) is 12.7 Å². The maximum Gasteiger partial charge on any atom is 0.320 e. The fourth-order valence-electron chi connectivity index (χ4n) is 1.17. The van der Waals surface area contributed by atoms with Crippen molar-refractivity contribution < 1.29 is 19.7 Å². The summed E-state index contributed by atoms with van der Waals surface area (Å²) in [6, 6.07) is -0.614. The Hall–Kier alpha value is -0.560. The maximum atomic E-state index is 10.9. The minimum Gasteiger partial charge on any atom is -0.480 e. The molecule has 0 radical (unpaired) electrons. The predicted octanol–water partition coefficient (Wildman–Crippen LogP) is 0.346. The van der Waals surface area contributed by atoms with Gasteiger partial charge in [0.15, 0.2) is 0 Å². The van der Waals surface area contributed by atoms with Crippen molar-refractivity contribution in [3.05, 3.63) is 12.7 Å². The van der Waals surface area contributed by atoms with Crippen LogP contribution in [0.1, 0.15) is 6.42 Å². The molecule has 5 nitrogen and oxygen atoms in total. The molecule has 0 aromatic rings. The van der Waals surface area contributed by atoms with E-state index in [-0.39, 0.29) is 13.2 Å². The number of nitrogens with one attached hydrogen (secondary N) is 1. The monoisotopic (exact) mass is 263 g/mol. The van der Waals surface area contributed by atoms with Crippen molar-refractivity contribution in [2.24, 2.45) is 0 Å². The summed E-state index contributed by atoms with van der Waals surface area (Å²) in [5.41, 5.74) is 0. The van der Waals surface area contributed by atoms with E-state index in [0.29, 0.717) is 13.0 Å². The van der Waals surface area contributed by atoms with Gasteiger partial charge in [0.1, 0.15) is 6.04 Å². The average Bonchev–Trinajstić information content (AvgIpc) is 2.29. The van der Waals surface area contributed by atoms with Crippen molar-refractivity contribution in [1.29, 1.82) is 0 Å². The number of carbonyl (C=O) groups is 1. The zero-order valence-corrected chi connectivity index (χ0v) is 10.9. The second kappa shape index (κ2) is 10.6. The molecule has 17 heavy (non-hydrogen) atoms. The van der Waals surface area contributed by atoms with Crippen LogP contribution in [0, 0.1) is 0 Å². The van der Waals surface area contributed by atoms with Gasteiger partial charge in [-0.05, 0) is 18.4 Å². The zero-order chi connectivity index (χ0) is 13.1. The third kappa shape index (κ3) is 9.17. The van der Waals surface area contributed by atoms with Crippen molar-refractivity contribution in [3.8, 4) is 0 Å². The van der Waals surface area contributed by atoms with Crippen LogP contribution in [0.2, 0.25) is 0 Å². The Morgan fingerprint density at radius 1 is 1.65 bits per heavy atom. The smallest absolute Gasteiger partial charge is 0.320 e. The lowest BCUT2D eigenvalue weighted by atomic mass is 10.2. The molecule has 3 N–H and O–H groups in total. The van der Waals surface area contributed by atoms with E-state index in [1.807, 2.05) is 6.26 Å². The standard InChI is InChI=1S/C11H21NO4S/c1-3-5-16-8-9(13)7-12-10(11(14)15)4-6-17-2/h3,9-10,12-13H,1,4-8H2,2H3,(H,14,15). The number of carboxylic acid groups (broad SMARTS) is 1. The van der Waals surface area contributed by atoms with Gasteiger partial charge >= 0.3 is 5.97 Å². The van der Waals surface area contributed by atoms with Gasteiger partial charge in [-0.3, -0.25) is 4.79 Å². The number of aliphatic hydroxyl groups is 1. The minimum atomic E-state index is -0.891. The second-order valence-corrected chi connectivity index (χ2v) is 4.55. The molecule has 0 aromatic heterocycles. The summed E-state index contributed by atoms with van der Waals surface area (Å²) in [5, 5.41) is 21.3. The number of rotatable bonds is 11. The average molecular weight is 263 g/mol.